The number of aliphatic carboxylic acids is 1. The summed E-state index contributed by atoms with van der Waals surface area (Å²) in [6, 6.07) is 0. The van der Waals surface area contributed by atoms with Crippen LogP contribution in [-0.2, 0) is 4.79 Å². The van der Waals surface area contributed by atoms with Crippen molar-refractivity contribution >= 4 is 5.97 Å². The van der Waals surface area contributed by atoms with Gasteiger partial charge >= 0.3 is 5.97 Å². The molecule has 0 saturated carbocycles. The van der Waals surface area contributed by atoms with Crippen LogP contribution in [0.4, 0.5) is 0 Å². The van der Waals surface area contributed by atoms with Gasteiger partial charge in [0.25, 0.3) is 0 Å². The van der Waals surface area contributed by atoms with Gasteiger partial charge in [-0.1, -0.05) is 71.8 Å². The van der Waals surface area contributed by atoms with Gasteiger partial charge in [0.1, 0.15) is 0 Å². The van der Waals surface area contributed by atoms with E-state index < -0.39 is 5.97 Å². The molecule has 1 unspecified atom stereocenters. The molecule has 0 bridgehead atoms. The lowest BCUT2D eigenvalue weighted by molar-refractivity contribution is -0.132. The molecule has 1 N–H and O–H groups in total. The van der Waals surface area contributed by atoms with Gasteiger partial charge in [-0.2, -0.15) is 0 Å². The molecule has 0 amide bonds. The number of allylic oxidation sites excluding steroid dienone is 1. The number of carbonyl (C=O) groups is 1. The van der Waals surface area contributed by atoms with E-state index in [0.717, 1.165) is 32.1 Å². The van der Waals surface area contributed by atoms with E-state index in [0.29, 0.717) is 11.5 Å². The minimum atomic E-state index is -0.717. The summed E-state index contributed by atoms with van der Waals surface area (Å²) in [4.78, 5) is 11.3. The molecule has 0 radical (unpaired) electrons. The van der Waals surface area contributed by atoms with Crippen molar-refractivity contribution in [2.75, 3.05) is 0 Å². The third-order valence-corrected chi connectivity index (χ3v) is 3.77. The number of hydrogen-bond donors (Lipinski definition) is 1. The molecule has 0 fully saturated rings. The Hall–Kier alpha value is -0.790. The maximum Gasteiger partial charge on any atom is 0.331 e. The monoisotopic (exact) mass is 268 g/mol. The molecule has 0 saturated heterocycles. The molecule has 0 aliphatic rings. The van der Waals surface area contributed by atoms with Crippen molar-refractivity contribution < 1.29 is 9.90 Å². The highest BCUT2D eigenvalue weighted by molar-refractivity contribution is 5.86. The predicted octanol–water partition coefficient (Wildman–Crippen LogP) is 5.57. The third-order valence-electron chi connectivity index (χ3n) is 3.77. The third kappa shape index (κ3) is 9.75. The second-order valence-electron chi connectivity index (χ2n) is 5.50. The fourth-order valence-electron chi connectivity index (χ4n) is 2.36. The van der Waals surface area contributed by atoms with Gasteiger partial charge in [0.05, 0.1) is 0 Å². The average molecular weight is 268 g/mol. The van der Waals surface area contributed by atoms with Crippen LogP contribution in [0.2, 0.25) is 0 Å². The molecule has 0 aromatic rings. The standard InChI is InChI=1S/C17H32O2/c1-4-7-9-10-11-13-16(17(18)19)14-15(6-3)12-8-5-2/h13,15H,4-12,14H2,1-3H3,(H,18,19)/b16-13-. The fourth-order valence-corrected chi connectivity index (χ4v) is 2.36. The smallest absolute Gasteiger partial charge is 0.331 e. The number of hydrogen-bond acceptors (Lipinski definition) is 1. The Morgan fingerprint density at radius 2 is 1.74 bits per heavy atom. The molecule has 19 heavy (non-hydrogen) atoms. The van der Waals surface area contributed by atoms with Crippen LogP contribution in [0, 0.1) is 5.92 Å². The molecule has 0 aliphatic heterocycles. The van der Waals surface area contributed by atoms with Crippen LogP contribution < -0.4 is 0 Å². The second-order valence-corrected chi connectivity index (χ2v) is 5.50. The number of carboxylic acid groups (broad SMARTS) is 1. The highest BCUT2D eigenvalue weighted by Gasteiger charge is 2.13. The first kappa shape index (κ1) is 18.2. The molecule has 2 heteroatoms. The summed E-state index contributed by atoms with van der Waals surface area (Å²) in [5.41, 5.74) is 0.638. The molecule has 112 valence electrons. The van der Waals surface area contributed by atoms with Crippen molar-refractivity contribution in [3.05, 3.63) is 11.6 Å². The fraction of sp³-hybridized carbons (Fsp3) is 0.824. The largest absolute Gasteiger partial charge is 0.478 e. The molecule has 0 spiro atoms. The van der Waals surface area contributed by atoms with E-state index in [1.807, 2.05) is 6.08 Å². The highest BCUT2D eigenvalue weighted by Crippen LogP contribution is 2.22. The quantitative estimate of drug-likeness (QED) is 0.371. The van der Waals surface area contributed by atoms with Crippen LogP contribution in [0.25, 0.3) is 0 Å². The molecule has 0 aliphatic carbocycles. The zero-order valence-corrected chi connectivity index (χ0v) is 13.1. The Morgan fingerprint density at radius 3 is 2.26 bits per heavy atom. The van der Waals surface area contributed by atoms with E-state index in [1.54, 1.807) is 0 Å². The van der Waals surface area contributed by atoms with Gasteiger partial charge in [-0.15, -0.1) is 0 Å². The van der Waals surface area contributed by atoms with Crippen molar-refractivity contribution in [3.8, 4) is 0 Å². The van der Waals surface area contributed by atoms with Crippen molar-refractivity contribution in [1.29, 1.82) is 0 Å². The summed E-state index contributed by atoms with van der Waals surface area (Å²) in [5, 5.41) is 9.28. The average Bonchev–Trinajstić information content (AvgIpc) is 2.40. The Morgan fingerprint density at radius 1 is 1.05 bits per heavy atom. The minimum absolute atomic E-state index is 0.540. The topological polar surface area (TPSA) is 37.3 Å². The number of carboxylic acids is 1. The van der Waals surface area contributed by atoms with E-state index >= 15 is 0 Å². The molecule has 0 aromatic heterocycles. The predicted molar refractivity (Wildman–Crippen MR) is 82.4 cm³/mol. The molecule has 2 nitrogen and oxygen atoms in total. The zero-order chi connectivity index (χ0) is 14.5. The van der Waals surface area contributed by atoms with Gasteiger partial charge in [-0.25, -0.2) is 4.79 Å². The molecule has 1 atom stereocenters. The van der Waals surface area contributed by atoms with E-state index in [2.05, 4.69) is 20.8 Å². The number of rotatable bonds is 12. The summed E-state index contributed by atoms with van der Waals surface area (Å²) in [6.07, 6.45) is 13.1. The van der Waals surface area contributed by atoms with E-state index in [4.69, 9.17) is 0 Å². The Kier molecular flexibility index (Phi) is 11.7. The van der Waals surface area contributed by atoms with Crippen LogP contribution in [0.1, 0.15) is 85.0 Å². The summed E-state index contributed by atoms with van der Waals surface area (Å²) in [5.74, 6) is -0.177. The normalized spacial score (nSPS) is 13.5. The Labute approximate surface area is 119 Å². The van der Waals surface area contributed by atoms with Crippen LogP contribution >= 0.6 is 0 Å². The van der Waals surface area contributed by atoms with Crippen molar-refractivity contribution in [2.45, 2.75) is 85.0 Å². The summed E-state index contributed by atoms with van der Waals surface area (Å²) in [7, 11) is 0. The van der Waals surface area contributed by atoms with Crippen molar-refractivity contribution in [2.24, 2.45) is 5.92 Å². The summed E-state index contributed by atoms with van der Waals surface area (Å²) in [6.45, 7) is 6.55. The Bertz CT molecular complexity index is 256. The maximum atomic E-state index is 11.3. The number of unbranched alkanes of at least 4 members (excludes halogenated alkanes) is 5. The van der Waals surface area contributed by atoms with Crippen LogP contribution in [0.15, 0.2) is 11.6 Å². The molecule has 0 aromatic carbocycles. The highest BCUT2D eigenvalue weighted by atomic mass is 16.4. The maximum absolute atomic E-state index is 11.3. The minimum Gasteiger partial charge on any atom is -0.478 e. The van der Waals surface area contributed by atoms with Gasteiger partial charge in [-0.05, 0) is 25.2 Å². The summed E-state index contributed by atoms with van der Waals surface area (Å²) >= 11 is 0. The van der Waals surface area contributed by atoms with Gasteiger partial charge in [0.15, 0.2) is 0 Å². The van der Waals surface area contributed by atoms with E-state index in [1.165, 1.54) is 32.1 Å². The lowest BCUT2D eigenvalue weighted by atomic mass is 9.91. The van der Waals surface area contributed by atoms with E-state index in [-0.39, 0.29) is 0 Å². The second kappa shape index (κ2) is 12.3. The van der Waals surface area contributed by atoms with Crippen LogP contribution in [0.3, 0.4) is 0 Å². The van der Waals surface area contributed by atoms with Crippen LogP contribution in [0.5, 0.6) is 0 Å². The molecule has 0 rings (SSSR count). The van der Waals surface area contributed by atoms with Gasteiger partial charge in [0, 0.05) is 5.57 Å². The van der Waals surface area contributed by atoms with Crippen molar-refractivity contribution in [1.82, 2.24) is 0 Å². The van der Waals surface area contributed by atoms with Gasteiger partial charge in [-0.3, -0.25) is 0 Å². The van der Waals surface area contributed by atoms with Crippen LogP contribution in [-0.4, -0.2) is 11.1 Å². The van der Waals surface area contributed by atoms with Gasteiger partial charge < -0.3 is 5.11 Å². The van der Waals surface area contributed by atoms with Crippen molar-refractivity contribution in [3.63, 3.8) is 0 Å². The summed E-state index contributed by atoms with van der Waals surface area (Å²) < 4.78 is 0. The molecular weight excluding hydrogens is 236 g/mol. The zero-order valence-electron chi connectivity index (χ0n) is 13.1. The molecule has 0 heterocycles. The van der Waals surface area contributed by atoms with Gasteiger partial charge in [0.2, 0.25) is 0 Å². The SMILES string of the molecule is CCCCCC/C=C(/CC(CC)CCCC)C(=O)O. The molecular formula is C17H32O2. The Balaban J connectivity index is 4.21. The van der Waals surface area contributed by atoms with E-state index in [9.17, 15) is 9.90 Å². The lowest BCUT2D eigenvalue weighted by Gasteiger charge is -2.14. The first-order chi connectivity index (χ1) is 9.15. The first-order valence-electron chi connectivity index (χ1n) is 8.07. The lowest BCUT2D eigenvalue weighted by Crippen LogP contribution is -2.08. The first-order valence-corrected chi connectivity index (χ1v) is 8.07.